The number of anilines is 2. The van der Waals surface area contributed by atoms with Crippen molar-refractivity contribution in [2.24, 2.45) is 0 Å². The third-order valence-corrected chi connectivity index (χ3v) is 8.19. The van der Waals surface area contributed by atoms with Gasteiger partial charge in [0.15, 0.2) is 0 Å². The monoisotopic (exact) mass is 534 g/mol. The number of ether oxygens (including phenoxy) is 1. The van der Waals surface area contributed by atoms with E-state index in [1.165, 1.54) is 17.5 Å². The number of para-hydroxylation sites is 1. The molecule has 4 aromatic rings. The fraction of sp³-hybridized carbons (Fsp3) is 0.154. The van der Waals surface area contributed by atoms with Crippen LogP contribution in [-0.4, -0.2) is 23.5 Å². The normalized spacial score (nSPS) is 11.1. The Hall–Kier alpha value is -3.78. The number of esters is 1. The summed E-state index contributed by atoms with van der Waals surface area (Å²) in [5.41, 5.74) is 3.52. The van der Waals surface area contributed by atoms with Crippen molar-refractivity contribution in [1.82, 2.24) is 4.98 Å². The highest BCUT2D eigenvalue weighted by molar-refractivity contribution is 7.18. The molecule has 2 N–H and O–H groups in total. The lowest BCUT2D eigenvalue weighted by molar-refractivity contribution is 0.0527. The zero-order valence-corrected chi connectivity index (χ0v) is 22.2. The number of allylic oxidation sites excluding steroid dienone is 1. The number of carbonyl (C=O) groups is 2. The molecule has 3 aromatic heterocycles. The molecule has 36 heavy (non-hydrogen) atoms. The van der Waals surface area contributed by atoms with E-state index in [1.54, 1.807) is 25.2 Å². The van der Waals surface area contributed by atoms with E-state index in [9.17, 15) is 14.9 Å². The topological polar surface area (TPSA) is 104 Å². The summed E-state index contributed by atoms with van der Waals surface area (Å²) >= 11 is 4.07. The van der Waals surface area contributed by atoms with Crippen molar-refractivity contribution in [3.8, 4) is 16.6 Å². The Morgan fingerprint density at radius 2 is 1.97 bits per heavy atom. The summed E-state index contributed by atoms with van der Waals surface area (Å²) < 4.78 is 5.24. The maximum absolute atomic E-state index is 13.1. The Kier molecular flexibility index (Phi) is 7.95. The van der Waals surface area contributed by atoms with Crippen LogP contribution in [0.4, 0.5) is 10.7 Å². The Balaban J connectivity index is 1.65. The van der Waals surface area contributed by atoms with E-state index in [1.807, 2.05) is 54.1 Å². The maximum Gasteiger partial charge on any atom is 0.341 e. The van der Waals surface area contributed by atoms with Crippen molar-refractivity contribution in [3.63, 3.8) is 0 Å². The molecule has 182 valence electrons. The number of benzene rings is 1. The Morgan fingerprint density at radius 3 is 2.67 bits per heavy atom. The fourth-order valence-corrected chi connectivity index (χ4v) is 5.99. The summed E-state index contributed by atoms with van der Waals surface area (Å²) in [6, 6.07) is 13.6. The summed E-state index contributed by atoms with van der Waals surface area (Å²) in [6.07, 6.45) is 1.51. The molecule has 0 saturated heterocycles. The van der Waals surface area contributed by atoms with E-state index < -0.39 is 5.97 Å². The predicted molar refractivity (Wildman–Crippen MR) is 147 cm³/mol. The second kappa shape index (κ2) is 11.3. The Bertz CT molecular complexity index is 1480. The first-order chi connectivity index (χ1) is 17.4. The van der Waals surface area contributed by atoms with Gasteiger partial charge in [0.05, 0.1) is 27.6 Å². The minimum absolute atomic E-state index is 0.197. The van der Waals surface area contributed by atoms with Crippen LogP contribution < -0.4 is 10.6 Å². The summed E-state index contributed by atoms with van der Waals surface area (Å²) in [6.45, 7) is 5.54. The van der Waals surface area contributed by atoms with Crippen molar-refractivity contribution in [2.75, 3.05) is 17.2 Å². The van der Waals surface area contributed by atoms with Crippen LogP contribution in [0.2, 0.25) is 0 Å². The molecule has 0 fully saturated rings. The van der Waals surface area contributed by atoms with Crippen molar-refractivity contribution in [1.29, 1.82) is 5.26 Å². The minimum atomic E-state index is -0.537. The number of aromatic nitrogens is 1. The molecule has 0 bridgehead atoms. The number of hydrogen-bond donors (Lipinski definition) is 2. The second-order valence-electron chi connectivity index (χ2n) is 7.58. The minimum Gasteiger partial charge on any atom is -0.462 e. The number of thiophene rings is 2. The molecule has 0 aliphatic rings. The standard InChI is InChI=1S/C26H22N4O3S3/c1-4-33-26(32)21-16(3)22(23(31)29-18-9-6-5-8-15(18)2)36-25(21)28-13-17(12-27)24-30-19(14-35-24)20-10-7-11-34-20/h5-11,13-14,28H,4H2,1-3H3,(H,29,31)/b17-13-. The van der Waals surface area contributed by atoms with Crippen molar-refractivity contribution in [3.05, 3.63) is 79.9 Å². The number of nitriles is 1. The predicted octanol–water partition coefficient (Wildman–Crippen LogP) is 6.96. The van der Waals surface area contributed by atoms with Gasteiger partial charge in [0.25, 0.3) is 5.91 Å². The van der Waals surface area contributed by atoms with Crippen LogP contribution in [-0.2, 0) is 4.74 Å². The molecule has 7 nitrogen and oxygen atoms in total. The van der Waals surface area contributed by atoms with Gasteiger partial charge < -0.3 is 15.4 Å². The van der Waals surface area contributed by atoms with E-state index >= 15 is 0 Å². The Labute approximate surface area is 220 Å². The zero-order chi connectivity index (χ0) is 25.7. The van der Waals surface area contributed by atoms with Crippen molar-refractivity contribution >= 4 is 62.1 Å². The first kappa shape index (κ1) is 25.3. The lowest BCUT2D eigenvalue weighted by Crippen LogP contribution is -2.13. The first-order valence-electron chi connectivity index (χ1n) is 11.0. The molecular weight excluding hydrogens is 513 g/mol. The van der Waals surface area contributed by atoms with Gasteiger partial charge in [-0.2, -0.15) is 5.26 Å². The molecule has 0 aliphatic heterocycles. The SMILES string of the molecule is CCOC(=O)c1c(N/C=C(/C#N)c2nc(-c3cccs3)cs2)sc(C(=O)Nc2ccccc2C)c1C. The van der Waals surface area contributed by atoms with Crippen LogP contribution in [0.15, 0.2) is 53.4 Å². The number of amides is 1. The number of carbonyl (C=O) groups excluding carboxylic acids is 2. The summed E-state index contributed by atoms with van der Waals surface area (Å²) in [4.78, 5) is 31.9. The number of rotatable bonds is 8. The van der Waals surface area contributed by atoms with E-state index in [0.717, 1.165) is 27.5 Å². The number of nitrogens with zero attached hydrogens (tertiary/aromatic N) is 2. The van der Waals surface area contributed by atoms with Gasteiger partial charge >= 0.3 is 5.97 Å². The molecule has 0 atom stereocenters. The highest BCUT2D eigenvalue weighted by Crippen LogP contribution is 2.35. The molecule has 0 aliphatic carbocycles. The van der Waals surface area contributed by atoms with Crippen LogP contribution in [0.3, 0.4) is 0 Å². The first-order valence-corrected chi connectivity index (χ1v) is 13.5. The van der Waals surface area contributed by atoms with Gasteiger partial charge in [0.1, 0.15) is 21.7 Å². The smallest absolute Gasteiger partial charge is 0.341 e. The molecule has 0 saturated carbocycles. The van der Waals surface area contributed by atoms with Crippen molar-refractivity contribution < 1.29 is 14.3 Å². The van der Waals surface area contributed by atoms with Gasteiger partial charge in [0.2, 0.25) is 0 Å². The van der Waals surface area contributed by atoms with Gasteiger partial charge in [-0.05, 0) is 49.4 Å². The van der Waals surface area contributed by atoms with Crippen LogP contribution in [0.25, 0.3) is 16.1 Å². The summed E-state index contributed by atoms with van der Waals surface area (Å²) in [5, 5.41) is 20.6. The lowest BCUT2D eigenvalue weighted by Gasteiger charge is -2.07. The largest absolute Gasteiger partial charge is 0.462 e. The fourth-order valence-electron chi connectivity index (χ4n) is 3.39. The number of thiazole rings is 1. The summed E-state index contributed by atoms with van der Waals surface area (Å²) in [7, 11) is 0. The van der Waals surface area contributed by atoms with Crippen LogP contribution >= 0.6 is 34.0 Å². The molecule has 1 aromatic carbocycles. The number of hydrogen-bond acceptors (Lipinski definition) is 9. The molecule has 4 rings (SSSR count). The Morgan fingerprint density at radius 1 is 1.17 bits per heavy atom. The van der Waals surface area contributed by atoms with E-state index in [-0.39, 0.29) is 18.1 Å². The van der Waals surface area contributed by atoms with Gasteiger partial charge in [-0.25, -0.2) is 9.78 Å². The number of nitrogens with one attached hydrogen (secondary N) is 2. The highest BCUT2D eigenvalue weighted by atomic mass is 32.1. The molecule has 0 radical (unpaired) electrons. The number of aryl methyl sites for hydroxylation is 1. The molecule has 10 heteroatoms. The van der Waals surface area contributed by atoms with E-state index in [4.69, 9.17) is 4.74 Å². The van der Waals surface area contributed by atoms with Gasteiger partial charge in [-0.1, -0.05) is 24.3 Å². The maximum atomic E-state index is 13.1. The van der Waals surface area contributed by atoms with Crippen molar-refractivity contribution in [2.45, 2.75) is 20.8 Å². The zero-order valence-electron chi connectivity index (χ0n) is 19.7. The van der Waals surface area contributed by atoms with Crippen LogP contribution in [0.1, 0.15) is 43.1 Å². The van der Waals surface area contributed by atoms with Gasteiger partial charge in [-0.3, -0.25) is 4.79 Å². The third-order valence-electron chi connectivity index (χ3n) is 5.20. The quantitative estimate of drug-likeness (QED) is 0.187. The average Bonchev–Trinajstić information content (AvgIpc) is 3.61. The third kappa shape index (κ3) is 5.39. The summed E-state index contributed by atoms with van der Waals surface area (Å²) in [5.74, 6) is -0.861. The van der Waals surface area contributed by atoms with Gasteiger partial charge in [-0.15, -0.1) is 34.0 Å². The molecular formula is C26H22N4O3S3. The lowest BCUT2D eigenvalue weighted by atomic mass is 10.1. The molecule has 3 heterocycles. The molecule has 0 unspecified atom stereocenters. The van der Waals surface area contributed by atoms with Crippen LogP contribution in [0.5, 0.6) is 0 Å². The molecule has 0 spiro atoms. The average molecular weight is 535 g/mol. The second-order valence-corrected chi connectivity index (χ2v) is 10.4. The van der Waals surface area contributed by atoms with Crippen LogP contribution in [0, 0.1) is 25.2 Å². The molecule has 1 amide bonds. The highest BCUT2D eigenvalue weighted by Gasteiger charge is 2.26. The van der Waals surface area contributed by atoms with E-state index in [0.29, 0.717) is 31.7 Å². The van der Waals surface area contributed by atoms with Gasteiger partial charge in [0, 0.05) is 17.3 Å². The van der Waals surface area contributed by atoms with E-state index in [2.05, 4.69) is 21.7 Å².